The summed E-state index contributed by atoms with van der Waals surface area (Å²) in [7, 11) is -3.64. The second-order valence-corrected chi connectivity index (χ2v) is 8.29. The van der Waals surface area contributed by atoms with Gasteiger partial charge in [0.2, 0.25) is 0 Å². The number of ether oxygens (including phenoxy) is 2. The molecule has 0 fully saturated rings. The second kappa shape index (κ2) is 10.4. The number of aromatic nitrogens is 1. The summed E-state index contributed by atoms with van der Waals surface area (Å²) in [5.41, 5.74) is 1.65. The molecule has 0 atom stereocenters. The van der Waals surface area contributed by atoms with Crippen molar-refractivity contribution in [1.29, 1.82) is 0 Å². The Hall–Kier alpha value is -3.58. The summed E-state index contributed by atoms with van der Waals surface area (Å²) < 4.78 is 37.1. The summed E-state index contributed by atoms with van der Waals surface area (Å²) in [6.07, 6.45) is 1.58. The van der Waals surface area contributed by atoms with Crippen LogP contribution in [0, 0.1) is 0 Å². The molecule has 1 heterocycles. The van der Waals surface area contributed by atoms with Gasteiger partial charge in [0.15, 0.2) is 0 Å². The Morgan fingerprint density at radius 3 is 2.19 bits per heavy atom. The number of carbonyl (C=O) groups is 1. The van der Waals surface area contributed by atoms with Gasteiger partial charge in [-0.25, -0.2) is 12.4 Å². The van der Waals surface area contributed by atoms with E-state index in [0.29, 0.717) is 31.0 Å². The smallest absolute Gasteiger partial charge is 0.293 e. The van der Waals surface area contributed by atoms with Crippen LogP contribution in [-0.2, 0) is 26.2 Å². The molecule has 0 bridgehead atoms. The van der Waals surface area contributed by atoms with Crippen molar-refractivity contribution in [3.63, 3.8) is 0 Å². The van der Waals surface area contributed by atoms with Gasteiger partial charge in [0.1, 0.15) is 12.4 Å². The highest BCUT2D eigenvalue weighted by Gasteiger charge is 2.18. The van der Waals surface area contributed by atoms with E-state index in [9.17, 15) is 13.2 Å². The summed E-state index contributed by atoms with van der Waals surface area (Å²) in [5, 5.41) is 0.844. The van der Waals surface area contributed by atoms with E-state index in [1.807, 2.05) is 42.5 Å². The van der Waals surface area contributed by atoms with Crippen LogP contribution in [0.1, 0.15) is 12.5 Å². The first-order chi connectivity index (χ1) is 15.1. The van der Waals surface area contributed by atoms with Gasteiger partial charge in [-0.3, -0.25) is 4.79 Å². The summed E-state index contributed by atoms with van der Waals surface area (Å²) in [6.45, 7) is 3.09. The molecule has 6 nitrogen and oxygen atoms in total. The molecule has 4 aromatic rings. The van der Waals surface area contributed by atoms with E-state index in [0.717, 1.165) is 10.9 Å². The normalized spacial score (nSPS) is 10.7. The van der Waals surface area contributed by atoms with Gasteiger partial charge in [-0.1, -0.05) is 48.5 Å². The number of benzene rings is 3. The first-order valence-corrected chi connectivity index (χ1v) is 11.1. The molecule has 3 aromatic carbocycles. The predicted octanol–water partition coefficient (Wildman–Crippen LogP) is 4.64. The van der Waals surface area contributed by atoms with Gasteiger partial charge in [-0.2, -0.15) is 0 Å². The van der Waals surface area contributed by atoms with Crippen molar-refractivity contribution in [2.75, 3.05) is 6.61 Å². The summed E-state index contributed by atoms with van der Waals surface area (Å²) in [4.78, 5) is 9.44. The van der Waals surface area contributed by atoms with Crippen molar-refractivity contribution >= 4 is 27.4 Å². The van der Waals surface area contributed by atoms with Crippen LogP contribution in [0.2, 0.25) is 0 Å². The van der Waals surface area contributed by atoms with Gasteiger partial charge in [0.25, 0.3) is 16.5 Å². The highest BCUT2D eigenvalue weighted by atomic mass is 32.2. The highest BCUT2D eigenvalue weighted by Crippen LogP contribution is 2.26. The molecular weight excluding hydrogens is 414 g/mol. The van der Waals surface area contributed by atoms with Crippen molar-refractivity contribution in [1.82, 2.24) is 3.97 Å². The van der Waals surface area contributed by atoms with Crippen LogP contribution < -0.4 is 4.74 Å². The molecule has 31 heavy (non-hydrogen) atoms. The fraction of sp³-hybridized carbons (Fsp3) is 0.125. The van der Waals surface area contributed by atoms with Crippen LogP contribution in [0.15, 0.2) is 96.0 Å². The van der Waals surface area contributed by atoms with Gasteiger partial charge in [-0.05, 0) is 42.8 Å². The van der Waals surface area contributed by atoms with Crippen LogP contribution in [0.5, 0.6) is 5.75 Å². The summed E-state index contributed by atoms with van der Waals surface area (Å²) >= 11 is 0. The molecule has 0 N–H and O–H groups in total. The van der Waals surface area contributed by atoms with Crippen LogP contribution in [-0.4, -0.2) is 25.5 Å². The lowest BCUT2D eigenvalue weighted by molar-refractivity contribution is -0.128. The van der Waals surface area contributed by atoms with E-state index < -0.39 is 10.0 Å². The van der Waals surface area contributed by atoms with Crippen molar-refractivity contribution in [2.24, 2.45) is 0 Å². The third-order valence-corrected chi connectivity index (χ3v) is 6.12. The minimum Gasteiger partial charge on any atom is -0.489 e. The lowest BCUT2D eigenvalue weighted by Crippen LogP contribution is -2.11. The van der Waals surface area contributed by atoms with E-state index in [1.54, 1.807) is 55.6 Å². The van der Waals surface area contributed by atoms with E-state index in [1.165, 1.54) is 3.97 Å². The first-order valence-electron chi connectivity index (χ1n) is 9.70. The summed E-state index contributed by atoms with van der Waals surface area (Å²) in [5.74, 6) is 0.629. The Morgan fingerprint density at radius 1 is 0.903 bits per heavy atom. The Kier molecular flexibility index (Phi) is 7.45. The second-order valence-electron chi connectivity index (χ2n) is 6.48. The molecule has 0 aliphatic rings. The van der Waals surface area contributed by atoms with Crippen LogP contribution >= 0.6 is 0 Å². The molecule has 0 aliphatic heterocycles. The topological polar surface area (TPSA) is 74.6 Å². The first kappa shape index (κ1) is 22.1. The van der Waals surface area contributed by atoms with Crippen LogP contribution in [0.3, 0.4) is 0 Å². The molecule has 4 rings (SSSR count). The van der Waals surface area contributed by atoms with E-state index >= 15 is 0 Å². The number of fused-ring (bicyclic) bond motifs is 1. The number of carbonyl (C=O) groups excluding carboxylic acids is 1. The predicted molar refractivity (Wildman–Crippen MR) is 119 cm³/mol. The molecule has 0 aliphatic carbocycles. The zero-order valence-corrected chi connectivity index (χ0v) is 17.9. The maximum Gasteiger partial charge on any atom is 0.293 e. The number of nitrogens with zero attached hydrogens (tertiary/aromatic N) is 1. The molecule has 0 saturated carbocycles. The van der Waals surface area contributed by atoms with Crippen LogP contribution in [0.25, 0.3) is 10.9 Å². The largest absolute Gasteiger partial charge is 0.489 e. The van der Waals surface area contributed by atoms with Gasteiger partial charge in [-0.15, -0.1) is 0 Å². The molecule has 0 radical (unpaired) electrons. The maximum atomic E-state index is 12.9. The minimum absolute atomic E-state index is 0.258. The average molecular weight is 438 g/mol. The quantitative estimate of drug-likeness (QED) is 0.394. The zero-order chi connectivity index (χ0) is 22.1. The van der Waals surface area contributed by atoms with Crippen LogP contribution in [0.4, 0.5) is 0 Å². The third-order valence-electron chi connectivity index (χ3n) is 4.41. The highest BCUT2D eigenvalue weighted by molar-refractivity contribution is 7.90. The molecule has 7 heteroatoms. The Morgan fingerprint density at radius 2 is 1.58 bits per heavy atom. The number of hydrogen-bond acceptors (Lipinski definition) is 5. The van der Waals surface area contributed by atoms with E-state index in [2.05, 4.69) is 4.74 Å². The number of rotatable bonds is 7. The Labute approximate surface area is 181 Å². The Bertz CT molecular complexity index is 1220. The van der Waals surface area contributed by atoms with E-state index in [4.69, 9.17) is 4.74 Å². The SMILES string of the molecule is CCOC=O.O=S(=O)(c1ccccc1)n1ccc2ccc(OCc3ccccc3)cc21. The van der Waals surface area contributed by atoms with Crippen molar-refractivity contribution < 1.29 is 22.7 Å². The molecule has 0 unspecified atom stereocenters. The van der Waals surface area contributed by atoms with Gasteiger partial charge >= 0.3 is 0 Å². The molecule has 0 spiro atoms. The lowest BCUT2D eigenvalue weighted by atomic mass is 10.2. The van der Waals surface area contributed by atoms with Crippen molar-refractivity contribution in [2.45, 2.75) is 18.4 Å². The standard InChI is InChI=1S/C21H17NO3S.C3H6O2/c23-26(24,20-9-5-2-6-10-20)22-14-13-18-11-12-19(15-21(18)22)25-16-17-7-3-1-4-8-17;1-2-5-3-4/h1-15H,16H2;3H,2H2,1H3. The monoisotopic (exact) mass is 437 g/mol. The maximum absolute atomic E-state index is 12.9. The molecule has 160 valence electrons. The van der Waals surface area contributed by atoms with Crippen molar-refractivity contribution in [3.05, 3.63) is 96.7 Å². The zero-order valence-electron chi connectivity index (χ0n) is 17.0. The fourth-order valence-corrected chi connectivity index (χ4v) is 4.26. The minimum atomic E-state index is -3.64. The van der Waals surface area contributed by atoms with Gasteiger partial charge in [0.05, 0.1) is 17.0 Å². The third kappa shape index (κ3) is 5.52. The van der Waals surface area contributed by atoms with Crippen molar-refractivity contribution in [3.8, 4) is 5.75 Å². The fourth-order valence-electron chi connectivity index (χ4n) is 2.90. The van der Waals surface area contributed by atoms with Gasteiger partial charge < -0.3 is 9.47 Å². The summed E-state index contributed by atoms with van der Waals surface area (Å²) in [6, 6.07) is 25.5. The molecule has 0 amide bonds. The van der Waals surface area contributed by atoms with E-state index in [-0.39, 0.29) is 4.90 Å². The Balaban J connectivity index is 0.000000491. The molecular formula is C24H23NO5S. The number of hydrogen-bond donors (Lipinski definition) is 0. The molecule has 0 saturated heterocycles. The lowest BCUT2D eigenvalue weighted by Gasteiger charge is -2.10. The molecule has 1 aromatic heterocycles. The van der Waals surface area contributed by atoms with Gasteiger partial charge in [0, 0.05) is 17.6 Å². The average Bonchev–Trinajstić information content (AvgIpc) is 3.24.